The van der Waals surface area contributed by atoms with E-state index in [9.17, 15) is 4.79 Å². The summed E-state index contributed by atoms with van der Waals surface area (Å²) in [5.74, 6) is 0. The molecule has 0 spiro atoms. The molecule has 0 saturated carbocycles. The van der Waals surface area contributed by atoms with Crippen LogP contribution in [0.5, 0.6) is 0 Å². The summed E-state index contributed by atoms with van der Waals surface area (Å²) in [6, 6.07) is 19.5. The van der Waals surface area contributed by atoms with E-state index in [4.69, 9.17) is 0 Å². The van der Waals surface area contributed by atoms with E-state index in [1.165, 1.54) is 11.3 Å². The van der Waals surface area contributed by atoms with Crippen molar-refractivity contribution >= 4 is 22.5 Å². The van der Waals surface area contributed by atoms with Crippen LogP contribution in [0, 0.1) is 13.8 Å². The molecule has 4 rings (SSSR count). The lowest BCUT2D eigenvalue weighted by atomic mass is 10.2. The summed E-state index contributed by atoms with van der Waals surface area (Å²) in [7, 11) is 1.76. The van der Waals surface area contributed by atoms with Crippen molar-refractivity contribution < 1.29 is 4.79 Å². The number of aryl methyl sites for hydroxylation is 1. The molecule has 0 saturated heterocycles. The van der Waals surface area contributed by atoms with Crippen molar-refractivity contribution in [1.82, 2.24) is 24.9 Å². The molecule has 1 N–H and O–H groups in total. The number of hydrogen-bond acceptors (Lipinski definition) is 5. The van der Waals surface area contributed by atoms with Gasteiger partial charge in [0.1, 0.15) is 5.01 Å². The zero-order valence-corrected chi connectivity index (χ0v) is 17.8. The predicted molar refractivity (Wildman–Crippen MR) is 119 cm³/mol. The van der Waals surface area contributed by atoms with E-state index in [0.29, 0.717) is 11.7 Å². The van der Waals surface area contributed by atoms with Gasteiger partial charge in [0.25, 0.3) is 0 Å². The Bertz CT molecular complexity index is 1150. The maximum absolute atomic E-state index is 12.7. The minimum absolute atomic E-state index is 0.239. The van der Waals surface area contributed by atoms with Gasteiger partial charge < -0.3 is 4.90 Å². The Labute approximate surface area is 179 Å². The third kappa shape index (κ3) is 4.08. The molecule has 0 aliphatic heterocycles. The average molecular weight is 419 g/mol. The predicted octanol–water partition coefficient (Wildman–Crippen LogP) is 4.67. The molecule has 0 radical (unpaired) electrons. The summed E-state index contributed by atoms with van der Waals surface area (Å²) in [4.78, 5) is 14.3. The Hall–Kier alpha value is -3.52. The van der Waals surface area contributed by atoms with Gasteiger partial charge in [-0.2, -0.15) is 5.10 Å². The molecule has 4 aromatic rings. The van der Waals surface area contributed by atoms with E-state index in [0.717, 1.165) is 33.2 Å². The topological polar surface area (TPSA) is 75.9 Å². The van der Waals surface area contributed by atoms with Crippen molar-refractivity contribution in [2.75, 3.05) is 12.4 Å². The van der Waals surface area contributed by atoms with Gasteiger partial charge in [-0.25, -0.2) is 9.48 Å². The molecule has 2 heterocycles. The summed E-state index contributed by atoms with van der Waals surface area (Å²) in [6.07, 6.45) is 0. The molecule has 2 aromatic carbocycles. The quantitative estimate of drug-likeness (QED) is 0.511. The first kappa shape index (κ1) is 19.8. The van der Waals surface area contributed by atoms with Crippen LogP contribution >= 0.6 is 11.3 Å². The molecule has 0 bridgehead atoms. The van der Waals surface area contributed by atoms with Gasteiger partial charge in [0.15, 0.2) is 0 Å². The zero-order valence-electron chi connectivity index (χ0n) is 17.0. The highest BCUT2D eigenvalue weighted by molar-refractivity contribution is 7.18. The highest BCUT2D eigenvalue weighted by Gasteiger charge is 2.18. The Morgan fingerprint density at radius 1 is 1.03 bits per heavy atom. The zero-order chi connectivity index (χ0) is 21.1. The second kappa shape index (κ2) is 8.46. The number of benzene rings is 2. The highest BCUT2D eigenvalue weighted by atomic mass is 32.1. The van der Waals surface area contributed by atoms with E-state index in [1.807, 2.05) is 79.2 Å². The first-order chi connectivity index (χ1) is 14.5. The van der Waals surface area contributed by atoms with Gasteiger partial charge in [-0.3, -0.25) is 5.32 Å². The Kier molecular flexibility index (Phi) is 5.58. The van der Waals surface area contributed by atoms with Crippen LogP contribution in [0.3, 0.4) is 0 Å². The number of carbonyl (C=O) groups excluding carboxylic acids is 1. The van der Waals surface area contributed by atoms with Crippen molar-refractivity contribution in [3.05, 3.63) is 77.6 Å². The molecule has 0 aliphatic carbocycles. The lowest BCUT2D eigenvalue weighted by Crippen LogP contribution is -2.31. The number of carbonyl (C=O) groups is 1. The Balaban J connectivity index is 1.46. The summed E-state index contributed by atoms with van der Waals surface area (Å²) in [5.41, 5.74) is 4.92. The summed E-state index contributed by atoms with van der Waals surface area (Å²) < 4.78 is 1.91. The van der Waals surface area contributed by atoms with Gasteiger partial charge >= 0.3 is 6.03 Å². The second-order valence-electron chi connectivity index (χ2n) is 6.96. The van der Waals surface area contributed by atoms with Gasteiger partial charge in [-0.1, -0.05) is 59.9 Å². The van der Waals surface area contributed by atoms with Crippen LogP contribution in [-0.4, -0.2) is 38.0 Å². The van der Waals surface area contributed by atoms with Crippen LogP contribution in [0.25, 0.3) is 16.3 Å². The van der Waals surface area contributed by atoms with Crippen LogP contribution in [0.15, 0.2) is 60.7 Å². The molecular formula is C22H22N6OS. The molecular weight excluding hydrogens is 396 g/mol. The lowest BCUT2D eigenvalue weighted by molar-refractivity contribution is 0.220. The normalized spacial score (nSPS) is 10.8. The van der Waals surface area contributed by atoms with Gasteiger partial charge in [0.05, 0.1) is 17.9 Å². The maximum Gasteiger partial charge on any atom is 0.323 e. The molecule has 0 fully saturated rings. The van der Waals surface area contributed by atoms with Gasteiger partial charge in [-0.15, -0.1) is 10.2 Å². The van der Waals surface area contributed by atoms with Crippen molar-refractivity contribution in [3.63, 3.8) is 0 Å². The third-order valence-electron chi connectivity index (χ3n) is 4.84. The first-order valence-electron chi connectivity index (χ1n) is 9.54. The molecule has 2 amide bonds. The molecule has 0 unspecified atom stereocenters. The van der Waals surface area contributed by atoms with Crippen LogP contribution in [0.4, 0.5) is 9.93 Å². The van der Waals surface area contributed by atoms with E-state index in [1.54, 1.807) is 11.9 Å². The summed E-state index contributed by atoms with van der Waals surface area (Å²) in [5, 5.41) is 17.0. The molecule has 0 atom stereocenters. The van der Waals surface area contributed by atoms with Gasteiger partial charge in [0.2, 0.25) is 5.13 Å². The number of nitrogens with zero attached hydrogens (tertiary/aromatic N) is 5. The standard InChI is InChI=1S/C22H22N6OS/c1-15-19(16(2)28(26-15)18-12-8-5-9-13-18)14-27(3)22(29)23-21-25-24-20(30-21)17-10-6-4-7-11-17/h4-13H,14H2,1-3H3,(H,23,25,29). The Morgan fingerprint density at radius 3 is 2.40 bits per heavy atom. The SMILES string of the molecule is Cc1nn(-c2ccccc2)c(C)c1CN(C)C(=O)Nc1nnc(-c2ccccc2)s1. The lowest BCUT2D eigenvalue weighted by Gasteiger charge is -2.17. The number of nitrogens with one attached hydrogen (secondary N) is 1. The van der Waals surface area contributed by atoms with E-state index in [2.05, 4.69) is 20.6 Å². The van der Waals surface area contributed by atoms with E-state index >= 15 is 0 Å². The average Bonchev–Trinajstić information content (AvgIpc) is 3.35. The smallest absolute Gasteiger partial charge is 0.323 e. The van der Waals surface area contributed by atoms with Crippen molar-refractivity contribution in [1.29, 1.82) is 0 Å². The minimum atomic E-state index is -0.239. The molecule has 0 aliphatic rings. The largest absolute Gasteiger partial charge is 0.323 e. The number of anilines is 1. The molecule has 8 heteroatoms. The fourth-order valence-electron chi connectivity index (χ4n) is 3.19. The summed E-state index contributed by atoms with van der Waals surface area (Å²) in [6.45, 7) is 4.43. The number of amides is 2. The van der Waals surface area contributed by atoms with Gasteiger partial charge in [-0.05, 0) is 26.0 Å². The maximum atomic E-state index is 12.7. The van der Waals surface area contributed by atoms with Crippen LogP contribution in [0.2, 0.25) is 0 Å². The number of aromatic nitrogens is 4. The number of urea groups is 1. The molecule has 7 nitrogen and oxygen atoms in total. The molecule has 30 heavy (non-hydrogen) atoms. The van der Waals surface area contributed by atoms with Crippen molar-refractivity contribution in [3.8, 4) is 16.3 Å². The van der Waals surface area contributed by atoms with E-state index in [-0.39, 0.29) is 6.03 Å². The van der Waals surface area contributed by atoms with E-state index < -0.39 is 0 Å². The molecule has 2 aromatic heterocycles. The fourth-order valence-corrected chi connectivity index (χ4v) is 3.93. The minimum Gasteiger partial charge on any atom is -0.323 e. The molecule has 152 valence electrons. The van der Waals surface area contributed by atoms with Crippen molar-refractivity contribution in [2.24, 2.45) is 0 Å². The first-order valence-corrected chi connectivity index (χ1v) is 10.4. The van der Waals surface area contributed by atoms with Crippen molar-refractivity contribution in [2.45, 2.75) is 20.4 Å². The second-order valence-corrected chi connectivity index (χ2v) is 7.94. The summed E-state index contributed by atoms with van der Waals surface area (Å²) >= 11 is 1.35. The monoisotopic (exact) mass is 418 g/mol. The Morgan fingerprint density at radius 2 is 1.70 bits per heavy atom. The number of rotatable bonds is 5. The van der Waals surface area contributed by atoms with Crippen LogP contribution < -0.4 is 5.32 Å². The van der Waals surface area contributed by atoms with Gasteiger partial charge in [0, 0.05) is 23.9 Å². The van der Waals surface area contributed by atoms with Crippen LogP contribution in [0.1, 0.15) is 17.0 Å². The number of hydrogen-bond donors (Lipinski definition) is 1. The third-order valence-corrected chi connectivity index (χ3v) is 5.73. The number of para-hydroxylation sites is 1. The fraction of sp³-hybridized carbons (Fsp3) is 0.182. The van der Waals surface area contributed by atoms with Crippen LogP contribution in [-0.2, 0) is 6.54 Å². The highest BCUT2D eigenvalue weighted by Crippen LogP contribution is 2.26.